The second-order valence-electron chi connectivity index (χ2n) is 9.61. The fraction of sp³-hybridized carbons (Fsp3) is 0.429. The fourth-order valence-electron chi connectivity index (χ4n) is 4.19. The maximum atomic E-state index is 13.7. The van der Waals surface area contributed by atoms with Crippen LogP contribution in [0.3, 0.4) is 0 Å². The van der Waals surface area contributed by atoms with Gasteiger partial charge in [-0.1, -0.05) is 67.6 Å². The van der Waals surface area contributed by atoms with Crippen LogP contribution in [0.4, 0.5) is 0 Å². The molecule has 1 heterocycles. The van der Waals surface area contributed by atoms with Crippen molar-refractivity contribution in [3.05, 3.63) is 71.8 Å². The highest BCUT2D eigenvalue weighted by atomic mass is 32.2. The number of hydrogen-bond donors (Lipinski definition) is 2. The quantitative estimate of drug-likeness (QED) is 0.376. The first kappa shape index (κ1) is 30.0. The number of ketones is 1. The Morgan fingerprint density at radius 2 is 1.51 bits per heavy atom. The second kappa shape index (κ2) is 13.5. The molecule has 2 aromatic carbocycles. The normalized spacial score (nSPS) is 16.0. The molecule has 1 aliphatic rings. The monoisotopic (exact) mass is 557 g/mol. The van der Waals surface area contributed by atoms with E-state index in [2.05, 4.69) is 10.6 Å². The number of rotatable bonds is 12. The molecule has 3 amide bonds. The molecule has 3 rings (SSSR count). The van der Waals surface area contributed by atoms with Crippen molar-refractivity contribution in [2.24, 2.45) is 0 Å². The minimum Gasteiger partial charge on any atom is -0.378 e. The number of benzene rings is 2. The number of hydrogen-bond acceptors (Lipinski definition) is 7. The Bertz CT molecular complexity index is 1260. The van der Waals surface area contributed by atoms with Gasteiger partial charge in [0.15, 0.2) is 14.6 Å². The predicted molar refractivity (Wildman–Crippen MR) is 145 cm³/mol. The number of carbonyl (C=O) groups is 4. The van der Waals surface area contributed by atoms with Gasteiger partial charge in [0.05, 0.1) is 31.4 Å². The lowest BCUT2D eigenvalue weighted by Crippen LogP contribution is -2.58. The van der Waals surface area contributed by atoms with Crippen molar-refractivity contribution in [1.29, 1.82) is 0 Å². The summed E-state index contributed by atoms with van der Waals surface area (Å²) in [5.74, 6) is -3.78. The minimum absolute atomic E-state index is 0.0511. The number of Topliss-reactive ketones (excluding diaryl/α,β-unsaturated/α-hetero) is 1. The van der Waals surface area contributed by atoms with E-state index in [4.69, 9.17) is 4.74 Å². The van der Waals surface area contributed by atoms with Crippen molar-refractivity contribution in [3.63, 3.8) is 0 Å². The van der Waals surface area contributed by atoms with Crippen LogP contribution in [-0.4, -0.2) is 73.9 Å². The summed E-state index contributed by atoms with van der Waals surface area (Å²) in [6.07, 6.45) is -0.561. The third kappa shape index (κ3) is 7.73. The molecule has 1 unspecified atom stereocenters. The zero-order chi connectivity index (χ0) is 28.5. The van der Waals surface area contributed by atoms with Crippen molar-refractivity contribution >= 4 is 33.3 Å². The van der Waals surface area contributed by atoms with Crippen LogP contribution in [0.15, 0.2) is 60.7 Å². The molecule has 0 aliphatic carbocycles. The number of amides is 3. The maximum Gasteiger partial charge on any atom is 0.289 e. The number of sulfone groups is 1. The molecule has 1 fully saturated rings. The molecule has 2 aromatic rings. The standard InChI is InChI=1S/C28H35N3O7S/c1-3-23(25(33)26(34)29-19-21-10-6-4-7-11-21)30-27(35)28(2,18-24(32)31-14-16-38-17-15-31)39(36,37)20-22-12-8-5-9-13-22/h4-13,23H,3,14-20H2,1-2H3,(H,29,34)(H,30,35)/t23-,28?/m0/s1. The van der Waals surface area contributed by atoms with Gasteiger partial charge in [-0.25, -0.2) is 8.42 Å². The molecule has 2 atom stereocenters. The van der Waals surface area contributed by atoms with E-state index in [0.717, 1.165) is 5.56 Å². The van der Waals surface area contributed by atoms with E-state index in [9.17, 15) is 27.6 Å². The first-order chi connectivity index (χ1) is 18.6. The fourth-order valence-corrected chi connectivity index (χ4v) is 5.82. The van der Waals surface area contributed by atoms with Crippen molar-refractivity contribution in [2.45, 2.75) is 49.8 Å². The smallest absolute Gasteiger partial charge is 0.289 e. The highest BCUT2D eigenvalue weighted by Crippen LogP contribution is 2.28. The summed E-state index contributed by atoms with van der Waals surface area (Å²) in [6, 6.07) is 16.1. The van der Waals surface area contributed by atoms with Gasteiger partial charge < -0.3 is 20.3 Å². The molecule has 1 aliphatic heterocycles. The molecule has 0 aromatic heterocycles. The van der Waals surface area contributed by atoms with E-state index < -0.39 is 56.3 Å². The van der Waals surface area contributed by atoms with E-state index in [0.29, 0.717) is 18.8 Å². The SMILES string of the molecule is CC[C@H](NC(=O)C(C)(CC(=O)N1CCOCC1)S(=O)(=O)Cc1ccccc1)C(=O)C(=O)NCc1ccccc1. The lowest BCUT2D eigenvalue weighted by molar-refractivity contribution is -0.141. The second-order valence-corrected chi connectivity index (χ2v) is 12.0. The molecular weight excluding hydrogens is 522 g/mol. The highest BCUT2D eigenvalue weighted by molar-refractivity contribution is 7.92. The predicted octanol–water partition coefficient (Wildman–Crippen LogP) is 1.39. The molecule has 210 valence electrons. The van der Waals surface area contributed by atoms with E-state index in [-0.39, 0.29) is 26.1 Å². The summed E-state index contributed by atoms with van der Waals surface area (Å²) in [5, 5.41) is 5.00. The van der Waals surface area contributed by atoms with E-state index in [1.54, 1.807) is 61.5 Å². The minimum atomic E-state index is -4.26. The van der Waals surface area contributed by atoms with E-state index in [1.165, 1.54) is 11.8 Å². The Kier molecular flexibility index (Phi) is 10.4. The number of carbonyl (C=O) groups excluding carboxylic acids is 4. The summed E-state index contributed by atoms with van der Waals surface area (Å²) < 4.78 is 30.5. The molecule has 0 radical (unpaired) electrons. The number of nitrogens with zero attached hydrogens (tertiary/aromatic N) is 1. The first-order valence-corrected chi connectivity index (χ1v) is 14.5. The van der Waals surface area contributed by atoms with Crippen LogP contribution in [0.5, 0.6) is 0 Å². The van der Waals surface area contributed by atoms with Gasteiger partial charge in [0, 0.05) is 19.6 Å². The van der Waals surface area contributed by atoms with Gasteiger partial charge in [-0.3, -0.25) is 19.2 Å². The molecule has 39 heavy (non-hydrogen) atoms. The van der Waals surface area contributed by atoms with Gasteiger partial charge in [0.2, 0.25) is 17.6 Å². The Balaban J connectivity index is 1.80. The van der Waals surface area contributed by atoms with Crippen LogP contribution in [0.25, 0.3) is 0 Å². The van der Waals surface area contributed by atoms with Crippen molar-refractivity contribution in [1.82, 2.24) is 15.5 Å². The average molecular weight is 558 g/mol. The van der Waals surface area contributed by atoms with Gasteiger partial charge in [-0.2, -0.15) is 0 Å². The van der Waals surface area contributed by atoms with E-state index in [1.807, 2.05) is 6.07 Å². The summed E-state index contributed by atoms with van der Waals surface area (Å²) in [6.45, 7) is 4.12. The summed E-state index contributed by atoms with van der Waals surface area (Å²) in [5.41, 5.74) is 1.25. The van der Waals surface area contributed by atoms with Gasteiger partial charge in [-0.05, 0) is 24.5 Å². The molecule has 10 nitrogen and oxygen atoms in total. The van der Waals surface area contributed by atoms with Gasteiger partial charge in [0.1, 0.15) is 0 Å². The summed E-state index contributed by atoms with van der Waals surface area (Å²) in [4.78, 5) is 53.7. The van der Waals surface area contributed by atoms with E-state index >= 15 is 0 Å². The van der Waals surface area contributed by atoms with Gasteiger partial charge >= 0.3 is 0 Å². The van der Waals surface area contributed by atoms with Crippen LogP contribution in [-0.2, 0) is 46.0 Å². The lowest BCUT2D eigenvalue weighted by atomic mass is 10.0. The van der Waals surface area contributed by atoms with Crippen molar-refractivity contribution < 1.29 is 32.3 Å². The number of ether oxygens (including phenoxy) is 1. The topological polar surface area (TPSA) is 139 Å². The molecular formula is C28H35N3O7S. The average Bonchev–Trinajstić information content (AvgIpc) is 2.95. The zero-order valence-electron chi connectivity index (χ0n) is 22.2. The first-order valence-electron chi connectivity index (χ1n) is 12.9. The third-order valence-electron chi connectivity index (χ3n) is 6.77. The highest BCUT2D eigenvalue weighted by Gasteiger charge is 2.49. The Hall–Kier alpha value is -3.57. The van der Waals surface area contributed by atoms with Crippen LogP contribution >= 0.6 is 0 Å². The molecule has 0 spiro atoms. The molecule has 1 saturated heterocycles. The third-order valence-corrected chi connectivity index (χ3v) is 9.18. The van der Waals surface area contributed by atoms with Crippen molar-refractivity contribution in [2.75, 3.05) is 26.3 Å². The molecule has 0 saturated carbocycles. The van der Waals surface area contributed by atoms with Gasteiger partial charge in [-0.15, -0.1) is 0 Å². The lowest BCUT2D eigenvalue weighted by Gasteiger charge is -2.33. The number of morpholine rings is 1. The Morgan fingerprint density at radius 3 is 2.08 bits per heavy atom. The summed E-state index contributed by atoms with van der Waals surface area (Å²) in [7, 11) is -4.26. The Morgan fingerprint density at radius 1 is 0.949 bits per heavy atom. The van der Waals surface area contributed by atoms with Crippen LogP contribution in [0.2, 0.25) is 0 Å². The Labute approximate surface area is 229 Å². The number of nitrogens with one attached hydrogen (secondary N) is 2. The van der Waals surface area contributed by atoms with Gasteiger partial charge in [0.25, 0.3) is 5.91 Å². The van der Waals surface area contributed by atoms with Crippen LogP contribution in [0, 0.1) is 0 Å². The maximum absolute atomic E-state index is 13.7. The summed E-state index contributed by atoms with van der Waals surface area (Å²) >= 11 is 0. The van der Waals surface area contributed by atoms with Crippen LogP contribution in [0.1, 0.15) is 37.8 Å². The largest absolute Gasteiger partial charge is 0.378 e. The molecule has 11 heteroatoms. The van der Waals surface area contributed by atoms with Crippen molar-refractivity contribution in [3.8, 4) is 0 Å². The zero-order valence-corrected chi connectivity index (χ0v) is 23.0. The molecule has 0 bridgehead atoms. The van der Waals surface area contributed by atoms with Crippen LogP contribution < -0.4 is 10.6 Å². The molecule has 2 N–H and O–H groups in total.